The average molecular weight is 315 g/mol. The fourth-order valence-electron chi connectivity index (χ4n) is 1.92. The Balaban J connectivity index is 2.90. The van der Waals surface area contributed by atoms with Crippen molar-refractivity contribution in [2.45, 2.75) is 32.9 Å². The highest BCUT2D eigenvalue weighted by molar-refractivity contribution is 9.10. The van der Waals surface area contributed by atoms with Crippen molar-refractivity contribution in [1.82, 2.24) is 5.32 Å². The van der Waals surface area contributed by atoms with Crippen LogP contribution in [0, 0.1) is 0 Å². The molecule has 0 unspecified atom stereocenters. The molecule has 0 aliphatic heterocycles. The van der Waals surface area contributed by atoms with Gasteiger partial charge in [0.05, 0.1) is 5.60 Å². The fraction of sp³-hybridized carbons (Fsp3) is 0.571. The van der Waals surface area contributed by atoms with E-state index < -0.39 is 5.60 Å². The molecule has 0 aromatic heterocycles. The van der Waals surface area contributed by atoms with Crippen molar-refractivity contribution in [1.29, 1.82) is 0 Å². The highest BCUT2D eigenvalue weighted by Gasteiger charge is 2.18. The molecule has 0 bridgehead atoms. The lowest BCUT2D eigenvalue weighted by Crippen LogP contribution is -2.38. The van der Waals surface area contributed by atoms with E-state index in [1.807, 2.05) is 20.9 Å². The number of anilines is 1. The summed E-state index contributed by atoms with van der Waals surface area (Å²) in [5, 5.41) is 13.1. The molecule has 0 aliphatic carbocycles. The summed E-state index contributed by atoms with van der Waals surface area (Å²) in [5.41, 5.74) is 1.68. The molecule has 0 amide bonds. The minimum atomic E-state index is -0.688. The molecule has 0 saturated carbocycles. The highest BCUT2D eigenvalue weighted by Crippen LogP contribution is 2.25. The maximum Gasteiger partial charge on any atom is 0.0765 e. The molecule has 3 nitrogen and oxygen atoms in total. The van der Waals surface area contributed by atoms with E-state index in [9.17, 15) is 5.11 Å². The molecule has 1 aromatic rings. The lowest BCUT2D eigenvalue weighted by atomic mass is 10.1. The number of hydrogen-bond acceptors (Lipinski definition) is 3. The normalized spacial score (nSPS) is 11.7. The summed E-state index contributed by atoms with van der Waals surface area (Å²) in [7, 11) is 1.94. The van der Waals surface area contributed by atoms with E-state index in [2.05, 4.69) is 51.3 Å². The van der Waals surface area contributed by atoms with Gasteiger partial charge >= 0.3 is 0 Å². The zero-order valence-electron chi connectivity index (χ0n) is 11.6. The highest BCUT2D eigenvalue weighted by atomic mass is 79.9. The Morgan fingerprint density at radius 3 is 2.50 bits per heavy atom. The van der Waals surface area contributed by atoms with Crippen LogP contribution in [0.4, 0.5) is 5.69 Å². The van der Waals surface area contributed by atoms with Gasteiger partial charge in [-0.05, 0) is 45.5 Å². The first-order valence-electron chi connectivity index (χ1n) is 6.27. The number of benzene rings is 1. The summed E-state index contributed by atoms with van der Waals surface area (Å²) in [6.45, 7) is 8.11. The summed E-state index contributed by atoms with van der Waals surface area (Å²) < 4.78 is 1.10. The Kier molecular flexibility index (Phi) is 5.63. The molecular formula is C14H23BrN2O. The molecule has 0 atom stereocenters. The van der Waals surface area contributed by atoms with Crippen LogP contribution in [0.25, 0.3) is 0 Å². The smallest absolute Gasteiger partial charge is 0.0765 e. The molecule has 1 rings (SSSR count). The van der Waals surface area contributed by atoms with Crippen LogP contribution in [0.15, 0.2) is 22.7 Å². The summed E-state index contributed by atoms with van der Waals surface area (Å²) in [6.07, 6.45) is 0. The molecule has 0 radical (unpaired) electrons. The minimum Gasteiger partial charge on any atom is -0.389 e. The zero-order chi connectivity index (χ0) is 13.8. The van der Waals surface area contributed by atoms with Crippen LogP contribution in [0.1, 0.15) is 26.3 Å². The predicted octanol–water partition coefficient (Wildman–Crippen LogP) is 2.77. The van der Waals surface area contributed by atoms with Gasteiger partial charge in [-0.3, -0.25) is 0 Å². The van der Waals surface area contributed by atoms with Gasteiger partial charge in [0.2, 0.25) is 0 Å². The average Bonchev–Trinajstić information content (AvgIpc) is 2.28. The molecule has 0 heterocycles. The van der Waals surface area contributed by atoms with Crippen LogP contribution in [0.2, 0.25) is 0 Å². The maximum atomic E-state index is 9.93. The molecule has 18 heavy (non-hydrogen) atoms. The Labute approximate surface area is 118 Å². The molecule has 0 spiro atoms. The monoisotopic (exact) mass is 314 g/mol. The second-order valence-corrected chi connectivity index (χ2v) is 5.99. The Morgan fingerprint density at radius 1 is 1.39 bits per heavy atom. The maximum absolute atomic E-state index is 9.93. The predicted molar refractivity (Wildman–Crippen MR) is 81.1 cm³/mol. The Bertz CT molecular complexity index is 388. The second-order valence-electron chi connectivity index (χ2n) is 5.13. The van der Waals surface area contributed by atoms with Gasteiger partial charge in [0, 0.05) is 29.8 Å². The van der Waals surface area contributed by atoms with E-state index in [4.69, 9.17) is 0 Å². The number of rotatable bonds is 6. The first kappa shape index (κ1) is 15.5. The van der Waals surface area contributed by atoms with Crippen LogP contribution < -0.4 is 10.2 Å². The van der Waals surface area contributed by atoms with E-state index in [-0.39, 0.29) is 0 Å². The first-order valence-corrected chi connectivity index (χ1v) is 7.07. The summed E-state index contributed by atoms with van der Waals surface area (Å²) in [4.78, 5) is 2.17. The van der Waals surface area contributed by atoms with Gasteiger partial charge < -0.3 is 15.3 Å². The fourth-order valence-corrected chi connectivity index (χ4v) is 2.43. The second kappa shape index (κ2) is 6.55. The van der Waals surface area contributed by atoms with Gasteiger partial charge in [-0.2, -0.15) is 0 Å². The summed E-state index contributed by atoms with van der Waals surface area (Å²) in [6, 6.07) is 6.33. The lowest BCUT2D eigenvalue weighted by molar-refractivity contribution is 0.0876. The third kappa shape index (κ3) is 4.59. The van der Waals surface area contributed by atoms with Gasteiger partial charge in [0.25, 0.3) is 0 Å². The third-order valence-corrected chi connectivity index (χ3v) is 3.47. The zero-order valence-corrected chi connectivity index (χ0v) is 13.2. The number of nitrogens with zero attached hydrogens (tertiary/aromatic N) is 1. The molecule has 0 fully saturated rings. The molecule has 0 aliphatic rings. The van der Waals surface area contributed by atoms with Crippen molar-refractivity contribution < 1.29 is 5.11 Å². The first-order chi connectivity index (χ1) is 8.37. The van der Waals surface area contributed by atoms with Crippen molar-refractivity contribution >= 4 is 21.6 Å². The largest absolute Gasteiger partial charge is 0.389 e. The quantitative estimate of drug-likeness (QED) is 0.847. The third-order valence-electron chi connectivity index (χ3n) is 2.73. The van der Waals surface area contributed by atoms with Crippen molar-refractivity contribution in [2.75, 3.05) is 25.0 Å². The van der Waals surface area contributed by atoms with Gasteiger partial charge in [-0.1, -0.05) is 22.0 Å². The number of hydrogen-bond donors (Lipinski definition) is 2. The number of halogens is 1. The van der Waals surface area contributed by atoms with Crippen LogP contribution in [0.3, 0.4) is 0 Å². The molecule has 102 valence electrons. The van der Waals surface area contributed by atoms with Crippen LogP contribution in [-0.4, -0.2) is 30.8 Å². The molecule has 4 heteroatoms. The molecule has 2 N–H and O–H groups in total. The Hall–Kier alpha value is -0.580. The van der Waals surface area contributed by atoms with E-state index in [1.165, 1.54) is 5.56 Å². The number of aliphatic hydroxyl groups is 1. The molecule has 1 aromatic carbocycles. The van der Waals surface area contributed by atoms with Crippen molar-refractivity contribution in [2.24, 2.45) is 0 Å². The minimum absolute atomic E-state index is 0.626. The molecular weight excluding hydrogens is 292 g/mol. The lowest BCUT2D eigenvalue weighted by Gasteiger charge is -2.30. The van der Waals surface area contributed by atoms with E-state index in [0.717, 1.165) is 23.2 Å². The summed E-state index contributed by atoms with van der Waals surface area (Å²) in [5.74, 6) is 0. The number of likely N-dealkylation sites (N-methyl/N-ethyl adjacent to an activating group) is 1. The van der Waals surface area contributed by atoms with Crippen molar-refractivity contribution in [3.63, 3.8) is 0 Å². The van der Waals surface area contributed by atoms with Gasteiger partial charge in [-0.15, -0.1) is 0 Å². The summed E-state index contributed by atoms with van der Waals surface area (Å²) >= 11 is 3.60. The van der Waals surface area contributed by atoms with Crippen LogP contribution >= 0.6 is 15.9 Å². The van der Waals surface area contributed by atoms with E-state index in [1.54, 1.807) is 0 Å². The van der Waals surface area contributed by atoms with Gasteiger partial charge in [0.15, 0.2) is 0 Å². The van der Waals surface area contributed by atoms with Crippen LogP contribution in [-0.2, 0) is 6.54 Å². The standard InChI is InChI=1S/C14H23BrN2O/c1-5-17(10-14(2,3)18)12-7-6-11(9-16-4)13(15)8-12/h6-8,16,18H,5,9-10H2,1-4H3. The topological polar surface area (TPSA) is 35.5 Å². The van der Waals surface area contributed by atoms with Gasteiger partial charge in [0.1, 0.15) is 0 Å². The SMILES string of the molecule is CCN(CC(C)(C)O)c1ccc(CNC)c(Br)c1. The Morgan fingerprint density at radius 2 is 2.06 bits per heavy atom. The van der Waals surface area contributed by atoms with Crippen LogP contribution in [0.5, 0.6) is 0 Å². The van der Waals surface area contributed by atoms with Gasteiger partial charge in [-0.25, -0.2) is 0 Å². The van der Waals surface area contributed by atoms with Crippen molar-refractivity contribution in [3.05, 3.63) is 28.2 Å². The number of nitrogens with one attached hydrogen (secondary N) is 1. The van der Waals surface area contributed by atoms with E-state index in [0.29, 0.717) is 6.54 Å². The van der Waals surface area contributed by atoms with Crippen molar-refractivity contribution in [3.8, 4) is 0 Å². The molecule has 0 saturated heterocycles. The van der Waals surface area contributed by atoms with E-state index >= 15 is 0 Å².